The molecule has 3 nitrogen and oxygen atoms in total. The van der Waals surface area contributed by atoms with Gasteiger partial charge in [0.2, 0.25) is 5.71 Å². The van der Waals surface area contributed by atoms with Gasteiger partial charge in [-0.1, -0.05) is 25.1 Å². The number of aryl methyl sites for hydroxylation is 1. The summed E-state index contributed by atoms with van der Waals surface area (Å²) in [4.78, 5) is 8.68. The van der Waals surface area contributed by atoms with Crippen LogP contribution in [0.15, 0.2) is 59.3 Å². The smallest absolute Gasteiger partial charge is 0.227 e. The molecule has 0 bridgehead atoms. The molecule has 0 spiro atoms. The van der Waals surface area contributed by atoms with Crippen LogP contribution in [0.4, 0.5) is 0 Å². The maximum Gasteiger partial charge on any atom is 0.227 e. The van der Waals surface area contributed by atoms with E-state index >= 15 is 0 Å². The van der Waals surface area contributed by atoms with E-state index in [4.69, 9.17) is 7.16 Å². The number of aromatic nitrogens is 2. The Labute approximate surface area is 125 Å². The Hall–Kier alpha value is -2.68. The summed E-state index contributed by atoms with van der Waals surface area (Å²) in [5.41, 5.74) is 3.54. The summed E-state index contributed by atoms with van der Waals surface area (Å²) in [6, 6.07) is 13.4. The van der Waals surface area contributed by atoms with Crippen LogP contribution in [-0.2, 0) is 6.37 Å². The van der Waals surface area contributed by atoms with Crippen LogP contribution in [0.3, 0.4) is 0 Å². The van der Waals surface area contributed by atoms with E-state index in [2.05, 4.69) is 9.97 Å². The van der Waals surface area contributed by atoms with Gasteiger partial charge in [-0.15, -0.1) is 0 Å². The maximum atomic E-state index is 7.75. The molecule has 0 aliphatic heterocycles. The molecule has 3 heterocycles. The topological polar surface area (TPSA) is 38.9 Å². The Morgan fingerprint density at radius 2 is 1.95 bits per heavy atom. The van der Waals surface area contributed by atoms with Crippen molar-refractivity contribution in [3.8, 4) is 11.3 Å². The molecule has 0 fully saturated rings. The van der Waals surface area contributed by atoms with Gasteiger partial charge in [-0.25, -0.2) is 4.98 Å². The predicted molar refractivity (Wildman–Crippen MR) is 84.1 cm³/mol. The van der Waals surface area contributed by atoms with Crippen molar-refractivity contribution in [2.45, 2.75) is 13.3 Å². The zero-order valence-electron chi connectivity index (χ0n) is 13.5. The molecular formula is C18H14N2O. The Balaban J connectivity index is 1.92. The van der Waals surface area contributed by atoms with E-state index in [1.54, 1.807) is 18.5 Å². The van der Waals surface area contributed by atoms with Gasteiger partial charge in [-0.05, 0) is 36.2 Å². The Morgan fingerprint density at radius 3 is 2.76 bits per heavy atom. The van der Waals surface area contributed by atoms with Crippen molar-refractivity contribution < 1.29 is 7.16 Å². The number of para-hydroxylation sites is 1. The summed E-state index contributed by atoms with van der Waals surface area (Å²) in [6.45, 7) is 1.52. The van der Waals surface area contributed by atoms with Crippen molar-refractivity contribution >= 4 is 22.1 Å². The van der Waals surface area contributed by atoms with Crippen molar-refractivity contribution in [1.82, 2.24) is 9.97 Å². The van der Waals surface area contributed by atoms with E-state index in [9.17, 15) is 0 Å². The summed E-state index contributed by atoms with van der Waals surface area (Å²) in [5.74, 6) is 0. The summed E-state index contributed by atoms with van der Waals surface area (Å²) in [5, 5.41) is 1.98. The lowest BCUT2D eigenvalue weighted by Crippen LogP contribution is -1.86. The third-order valence-electron chi connectivity index (χ3n) is 3.60. The molecule has 0 atom stereocenters. The lowest BCUT2D eigenvalue weighted by atomic mass is 10.1. The van der Waals surface area contributed by atoms with Crippen molar-refractivity contribution in [2.75, 3.05) is 0 Å². The first-order chi connectivity index (χ1) is 11.0. The number of nitrogens with zero attached hydrogens (tertiary/aromatic N) is 2. The first kappa shape index (κ1) is 10.1. The third kappa shape index (κ3) is 1.89. The van der Waals surface area contributed by atoms with Crippen LogP contribution in [0.1, 0.15) is 15.2 Å². The average molecular weight is 276 g/mol. The zero-order valence-corrected chi connectivity index (χ0v) is 11.5. The van der Waals surface area contributed by atoms with E-state index in [0.717, 1.165) is 27.6 Å². The molecule has 0 aliphatic carbocycles. The summed E-state index contributed by atoms with van der Waals surface area (Å²) >= 11 is 0. The van der Waals surface area contributed by atoms with Crippen LogP contribution >= 0.6 is 0 Å². The SMILES string of the molecule is [2H]C([2H])(C)c1ccc(-c2cccc3c2oc2ncccc23)nc1. The molecule has 0 saturated heterocycles. The van der Waals surface area contributed by atoms with E-state index in [1.165, 1.54) is 6.92 Å². The van der Waals surface area contributed by atoms with Crippen LogP contribution in [0.2, 0.25) is 0 Å². The summed E-state index contributed by atoms with van der Waals surface area (Å²) in [6.07, 6.45) is 1.89. The molecule has 1 aromatic carbocycles. The van der Waals surface area contributed by atoms with Crippen LogP contribution in [0, 0.1) is 0 Å². The molecule has 0 amide bonds. The predicted octanol–water partition coefficient (Wildman–Crippen LogP) is 4.61. The quantitative estimate of drug-likeness (QED) is 0.537. The molecule has 21 heavy (non-hydrogen) atoms. The molecule has 0 radical (unpaired) electrons. The van der Waals surface area contributed by atoms with E-state index in [0.29, 0.717) is 11.3 Å². The molecular weight excluding hydrogens is 260 g/mol. The van der Waals surface area contributed by atoms with Crippen LogP contribution in [-0.4, -0.2) is 9.97 Å². The van der Waals surface area contributed by atoms with Gasteiger partial charge in [0.05, 0.1) is 5.69 Å². The lowest BCUT2D eigenvalue weighted by molar-refractivity contribution is 0.655. The standard InChI is InChI=1S/C18H14N2O/c1-2-12-8-9-16(20-11-12)15-6-3-5-13-14-7-4-10-19-18(14)21-17(13)15/h3-11H,2H2,1H3/i2D2. The summed E-state index contributed by atoms with van der Waals surface area (Å²) < 4.78 is 21.4. The second-order valence-electron chi connectivity index (χ2n) is 4.82. The lowest BCUT2D eigenvalue weighted by Gasteiger charge is -2.02. The zero-order chi connectivity index (χ0) is 16.0. The molecule has 0 unspecified atom stereocenters. The van der Waals surface area contributed by atoms with Gasteiger partial charge in [-0.3, -0.25) is 4.98 Å². The van der Waals surface area contributed by atoms with Crippen molar-refractivity contribution in [2.24, 2.45) is 0 Å². The highest BCUT2D eigenvalue weighted by molar-refractivity contribution is 6.08. The normalized spacial score (nSPS) is 13.4. The summed E-state index contributed by atoms with van der Waals surface area (Å²) in [7, 11) is 0. The highest BCUT2D eigenvalue weighted by atomic mass is 16.3. The molecule has 3 aromatic heterocycles. The molecule has 0 N–H and O–H groups in total. The van der Waals surface area contributed by atoms with E-state index < -0.39 is 6.37 Å². The van der Waals surface area contributed by atoms with Gasteiger partial charge in [0, 0.05) is 31.5 Å². The second-order valence-corrected chi connectivity index (χ2v) is 4.82. The number of hydrogen-bond acceptors (Lipinski definition) is 3. The van der Waals surface area contributed by atoms with Gasteiger partial charge in [-0.2, -0.15) is 0 Å². The van der Waals surface area contributed by atoms with Gasteiger partial charge in [0.25, 0.3) is 0 Å². The van der Waals surface area contributed by atoms with Crippen LogP contribution in [0.5, 0.6) is 0 Å². The second kappa shape index (κ2) is 4.70. The van der Waals surface area contributed by atoms with E-state index in [-0.39, 0.29) is 0 Å². The largest absolute Gasteiger partial charge is 0.437 e. The third-order valence-corrected chi connectivity index (χ3v) is 3.60. The Kier molecular flexibility index (Phi) is 2.26. The first-order valence-corrected chi connectivity index (χ1v) is 6.77. The highest BCUT2D eigenvalue weighted by Crippen LogP contribution is 2.33. The minimum absolute atomic E-state index is 0.555. The fraction of sp³-hybridized carbons (Fsp3) is 0.111. The van der Waals surface area contributed by atoms with Crippen molar-refractivity contribution in [3.63, 3.8) is 0 Å². The first-order valence-electron chi connectivity index (χ1n) is 7.77. The Morgan fingerprint density at radius 1 is 1.05 bits per heavy atom. The molecule has 3 heteroatoms. The molecule has 4 rings (SSSR count). The number of benzene rings is 1. The minimum atomic E-state index is -1.40. The van der Waals surface area contributed by atoms with Gasteiger partial charge < -0.3 is 4.42 Å². The number of pyridine rings is 2. The van der Waals surface area contributed by atoms with Crippen LogP contribution in [0.25, 0.3) is 33.3 Å². The van der Waals surface area contributed by atoms with Gasteiger partial charge >= 0.3 is 0 Å². The van der Waals surface area contributed by atoms with Crippen molar-refractivity contribution in [3.05, 3.63) is 60.4 Å². The average Bonchev–Trinajstić information content (AvgIpc) is 2.93. The van der Waals surface area contributed by atoms with Crippen LogP contribution < -0.4 is 0 Å². The highest BCUT2D eigenvalue weighted by Gasteiger charge is 2.12. The molecule has 102 valence electrons. The number of furan rings is 1. The monoisotopic (exact) mass is 276 g/mol. The molecule has 4 aromatic rings. The molecule has 0 aliphatic rings. The van der Waals surface area contributed by atoms with Crippen molar-refractivity contribution in [1.29, 1.82) is 0 Å². The maximum absolute atomic E-state index is 7.75. The Bertz CT molecular complexity index is 1000. The number of hydrogen-bond donors (Lipinski definition) is 0. The van der Waals surface area contributed by atoms with Gasteiger partial charge in [0.15, 0.2) is 0 Å². The van der Waals surface area contributed by atoms with E-state index in [1.807, 2.05) is 36.4 Å². The minimum Gasteiger partial charge on any atom is -0.437 e. The fourth-order valence-corrected chi connectivity index (χ4v) is 2.54. The number of fused-ring (bicyclic) bond motifs is 3. The van der Waals surface area contributed by atoms with Gasteiger partial charge in [0.1, 0.15) is 5.58 Å². The molecule has 0 saturated carbocycles. The number of rotatable bonds is 2. The fourth-order valence-electron chi connectivity index (χ4n) is 2.54.